The number of halogens is 11. The number of aldehydes is 1. The van der Waals surface area contributed by atoms with Crippen molar-refractivity contribution in [3.8, 4) is 0 Å². The summed E-state index contributed by atoms with van der Waals surface area (Å²) in [6.07, 6.45) is -11.7. The van der Waals surface area contributed by atoms with Crippen molar-refractivity contribution in [2.24, 2.45) is 14.1 Å². The monoisotopic (exact) mass is 478 g/mol. The molecular weight excluding hydrogens is 470 g/mol. The van der Waals surface area contributed by atoms with E-state index in [4.69, 9.17) is 11.6 Å². The van der Waals surface area contributed by atoms with Crippen LogP contribution in [0, 0.1) is 0 Å². The van der Waals surface area contributed by atoms with Crippen molar-refractivity contribution in [2.75, 3.05) is 0 Å². The Morgan fingerprint density at radius 2 is 1.43 bits per heavy atom. The highest BCUT2D eigenvalue weighted by Crippen LogP contribution is 2.45. The van der Waals surface area contributed by atoms with E-state index in [2.05, 4.69) is 5.10 Å². The van der Waals surface area contributed by atoms with Gasteiger partial charge in [0.25, 0.3) is 5.56 Å². The van der Waals surface area contributed by atoms with Gasteiger partial charge in [-0.2, -0.15) is 49.0 Å². The Kier molecular flexibility index (Phi) is 6.77. The summed E-state index contributed by atoms with van der Waals surface area (Å²) in [4.78, 5) is 21.0. The maximum atomic E-state index is 12.9. The fraction of sp³-hybridized carbons (Fsp3) is 0.462. The number of hydrogen-bond donors (Lipinski definition) is 1. The number of aromatic nitrogens is 4. The molecule has 0 unspecified atom stereocenters. The number of hydrogen-bond acceptors (Lipinski definition) is 3. The van der Waals surface area contributed by atoms with Crippen LogP contribution in [0.3, 0.4) is 0 Å². The molecule has 17 heteroatoms. The molecule has 0 aromatic carbocycles. The summed E-state index contributed by atoms with van der Waals surface area (Å²) in [6, 6.07) is 0.216. The molecule has 2 aromatic heterocycles. The van der Waals surface area contributed by atoms with Crippen LogP contribution in [-0.4, -0.2) is 38.2 Å². The number of alkyl halides is 10. The predicted molar refractivity (Wildman–Crippen MR) is 79.5 cm³/mol. The molecule has 2 aromatic rings. The van der Waals surface area contributed by atoms with Crippen LogP contribution in [0.5, 0.6) is 0 Å². The Morgan fingerprint density at radius 3 is 1.77 bits per heavy atom. The van der Waals surface area contributed by atoms with Crippen LogP contribution < -0.4 is 5.56 Å². The summed E-state index contributed by atoms with van der Waals surface area (Å²) in [7, 11) is 2.09. The number of nitrogens with one attached hydrogen (secondary N) is 1. The third-order valence-corrected chi connectivity index (χ3v) is 3.81. The van der Waals surface area contributed by atoms with Gasteiger partial charge in [-0.15, -0.1) is 0 Å². The molecule has 0 radical (unpaired) electrons. The minimum absolute atomic E-state index is 0.190. The molecule has 0 saturated heterocycles. The van der Waals surface area contributed by atoms with Crippen LogP contribution in [0.2, 0.25) is 5.15 Å². The maximum absolute atomic E-state index is 12.9. The van der Waals surface area contributed by atoms with E-state index < -0.39 is 51.9 Å². The van der Waals surface area contributed by atoms with Crippen LogP contribution in [0.1, 0.15) is 21.7 Å². The molecule has 0 bridgehead atoms. The van der Waals surface area contributed by atoms with Crippen molar-refractivity contribution in [2.45, 2.75) is 24.2 Å². The molecule has 2 heterocycles. The second-order valence-electron chi connectivity index (χ2n) is 5.51. The van der Waals surface area contributed by atoms with Gasteiger partial charge in [0, 0.05) is 20.2 Å². The van der Waals surface area contributed by atoms with Crippen LogP contribution in [0.25, 0.3) is 0 Å². The lowest BCUT2D eigenvalue weighted by Crippen LogP contribution is -2.35. The summed E-state index contributed by atoms with van der Waals surface area (Å²) < 4.78 is 123. The first-order valence-corrected chi connectivity index (χ1v) is 7.50. The van der Waals surface area contributed by atoms with Crippen molar-refractivity contribution in [1.29, 1.82) is 0 Å². The van der Waals surface area contributed by atoms with Gasteiger partial charge in [-0.3, -0.25) is 24.1 Å². The zero-order chi connectivity index (χ0) is 23.9. The molecule has 2 rings (SSSR count). The van der Waals surface area contributed by atoms with Crippen LogP contribution in [0.15, 0.2) is 10.9 Å². The van der Waals surface area contributed by atoms with E-state index in [9.17, 15) is 53.5 Å². The molecular formula is C13H9ClF10N4O2. The van der Waals surface area contributed by atoms with Gasteiger partial charge in [0.05, 0.1) is 5.56 Å². The van der Waals surface area contributed by atoms with Gasteiger partial charge >= 0.3 is 24.2 Å². The zero-order valence-corrected chi connectivity index (χ0v) is 15.2. The molecule has 0 aliphatic heterocycles. The molecule has 0 aliphatic rings. The lowest BCUT2D eigenvalue weighted by Gasteiger charge is -2.17. The Balaban J connectivity index is 0.000000303. The second-order valence-corrected chi connectivity index (χ2v) is 5.86. The van der Waals surface area contributed by atoms with Crippen molar-refractivity contribution >= 4 is 17.9 Å². The Morgan fingerprint density at radius 1 is 0.967 bits per heavy atom. The largest absolute Gasteiger partial charge is 0.459 e. The number of nitrogens with zero attached hydrogens (tertiary/aromatic N) is 3. The first-order valence-electron chi connectivity index (χ1n) is 7.12. The van der Waals surface area contributed by atoms with Gasteiger partial charge in [-0.25, -0.2) is 0 Å². The summed E-state index contributed by atoms with van der Waals surface area (Å²) >= 11 is 5.34. The Hall–Kier alpha value is -2.52. The molecule has 1 N–H and O–H groups in total. The number of aryl methyl sites for hydroxylation is 2. The SMILES string of the molecule is Cn1[nH]c(C(F)(F)C(F)(F)F)cc1=O.Cn1nc(C(F)(F)C(F)(F)F)c(C=O)c1Cl. The number of rotatable bonds is 3. The average Bonchev–Trinajstić information content (AvgIpc) is 3.06. The quantitative estimate of drug-likeness (QED) is 0.537. The van der Waals surface area contributed by atoms with Crippen molar-refractivity contribution in [3.05, 3.63) is 38.5 Å². The topological polar surface area (TPSA) is 72.7 Å². The number of aromatic amines is 1. The van der Waals surface area contributed by atoms with Gasteiger partial charge in [-0.05, 0) is 0 Å². The van der Waals surface area contributed by atoms with Gasteiger partial charge in [0.1, 0.15) is 10.8 Å². The van der Waals surface area contributed by atoms with Gasteiger partial charge in [-0.1, -0.05) is 11.6 Å². The lowest BCUT2D eigenvalue weighted by molar-refractivity contribution is -0.291. The fourth-order valence-electron chi connectivity index (χ4n) is 1.79. The summed E-state index contributed by atoms with van der Waals surface area (Å²) in [5.74, 6) is -10.2. The molecule has 0 aliphatic carbocycles. The minimum atomic E-state index is -5.83. The van der Waals surface area contributed by atoms with Gasteiger partial charge < -0.3 is 0 Å². The molecule has 170 valence electrons. The highest BCUT2D eigenvalue weighted by molar-refractivity contribution is 6.32. The van der Waals surface area contributed by atoms with Crippen molar-refractivity contribution in [1.82, 2.24) is 19.6 Å². The highest BCUT2D eigenvalue weighted by atomic mass is 35.5. The smallest absolute Gasteiger partial charge is 0.298 e. The number of carbonyl (C=O) groups is 1. The molecule has 30 heavy (non-hydrogen) atoms. The van der Waals surface area contributed by atoms with Gasteiger partial charge in [0.2, 0.25) is 0 Å². The lowest BCUT2D eigenvalue weighted by atomic mass is 10.1. The Bertz CT molecular complexity index is 970. The highest BCUT2D eigenvalue weighted by Gasteiger charge is 2.62. The van der Waals surface area contributed by atoms with Gasteiger partial charge in [0.15, 0.2) is 12.0 Å². The molecule has 0 amide bonds. The second kappa shape index (κ2) is 7.96. The maximum Gasteiger partial charge on any atom is 0.459 e. The summed E-state index contributed by atoms with van der Waals surface area (Å²) in [5.41, 5.74) is -5.07. The van der Waals surface area contributed by atoms with E-state index in [1.54, 1.807) is 5.10 Å². The zero-order valence-electron chi connectivity index (χ0n) is 14.5. The van der Waals surface area contributed by atoms with E-state index >= 15 is 0 Å². The third kappa shape index (κ3) is 4.62. The number of carbonyl (C=O) groups excluding carboxylic acids is 1. The van der Waals surface area contributed by atoms with Crippen molar-refractivity contribution in [3.63, 3.8) is 0 Å². The van der Waals surface area contributed by atoms with Crippen LogP contribution in [0.4, 0.5) is 43.9 Å². The van der Waals surface area contributed by atoms with E-state index in [1.165, 1.54) is 0 Å². The van der Waals surface area contributed by atoms with Crippen LogP contribution in [-0.2, 0) is 25.9 Å². The Labute approximate surface area is 164 Å². The summed E-state index contributed by atoms with van der Waals surface area (Å²) in [5, 5.41) is 3.95. The molecule has 0 spiro atoms. The van der Waals surface area contributed by atoms with Crippen LogP contribution >= 0.6 is 11.6 Å². The minimum Gasteiger partial charge on any atom is -0.298 e. The molecule has 0 saturated carbocycles. The van der Waals surface area contributed by atoms with E-state index in [1.807, 2.05) is 0 Å². The van der Waals surface area contributed by atoms with E-state index in [-0.39, 0.29) is 12.4 Å². The molecule has 6 nitrogen and oxygen atoms in total. The summed E-state index contributed by atoms with van der Waals surface area (Å²) in [6.45, 7) is 0. The predicted octanol–water partition coefficient (Wildman–Crippen LogP) is 3.91. The van der Waals surface area contributed by atoms with Crippen molar-refractivity contribution < 1.29 is 48.7 Å². The fourth-order valence-corrected chi connectivity index (χ4v) is 1.96. The first kappa shape index (κ1) is 25.5. The number of H-pyrrole nitrogens is 1. The first-order chi connectivity index (χ1) is 13.3. The standard InChI is InChI=1S/C7H4ClF5N2O.C6H5F5N2O/c1-15-5(8)3(2-16)4(14-15)6(9,10)7(11,12)13;1-13-4(14)2-3(12-13)5(7,8)6(9,10)11/h2H,1H3;2,12H,1H3. The normalized spacial score (nSPS) is 13.1. The third-order valence-electron chi connectivity index (χ3n) is 3.36. The van der Waals surface area contributed by atoms with E-state index in [0.29, 0.717) is 9.36 Å². The molecule has 0 fully saturated rings. The van der Waals surface area contributed by atoms with E-state index in [0.717, 1.165) is 14.1 Å². The average molecular weight is 479 g/mol. The molecule has 0 atom stereocenters.